The van der Waals surface area contributed by atoms with Crippen LogP contribution in [-0.4, -0.2) is 153 Å². The number of rotatable bonds is 13. The van der Waals surface area contributed by atoms with Crippen LogP contribution in [0.5, 0.6) is 0 Å². The minimum absolute atomic E-state index is 0.0176. The lowest BCUT2D eigenvalue weighted by atomic mass is 10.1. The monoisotopic (exact) mass is 924 g/mol. The Hall–Kier alpha value is -6.14. The van der Waals surface area contributed by atoms with Crippen LogP contribution in [0.3, 0.4) is 0 Å². The van der Waals surface area contributed by atoms with E-state index in [1.54, 1.807) is 0 Å². The smallest absolute Gasteiger partial charge is 0.225 e. The number of hydrogen-bond donors (Lipinski definition) is 3. The van der Waals surface area contributed by atoms with Crippen LogP contribution >= 0.6 is 0 Å². The first-order valence-electron chi connectivity index (χ1n) is 24.4. The standard InChI is InChI=1S/C20H25N5O.C18H23N5.C13H21N5O/c1-15(26)21-12-16-2-4-17(5-3-16)18-13-22-20(23-14-18)25-10-8-24(9-11-25)19-6-7-19;19-11-14-1-3-15(4-2-14)16-12-20-18(21-13-16)23-9-7-22(8-10-23)17-5-6-17;1-10(2)17-5-7-18(8-6-17)13-4-3-11(15-16-13)9-12(14)19/h2-5,13-14,19H,6-12H2,1H3,(H,21,26);1-4,12-13,17H,5-11,19H2;3-4,10H,5-9H2,1-2H3,(H2,14,19). The summed E-state index contributed by atoms with van der Waals surface area (Å²) in [6.45, 7) is 19.7. The van der Waals surface area contributed by atoms with Gasteiger partial charge in [-0.25, -0.2) is 19.9 Å². The summed E-state index contributed by atoms with van der Waals surface area (Å²) in [6.07, 6.45) is 13.3. The van der Waals surface area contributed by atoms with Crippen LogP contribution in [0.2, 0.25) is 0 Å². The quantitative estimate of drug-likeness (QED) is 0.153. The van der Waals surface area contributed by atoms with Crippen LogP contribution < -0.4 is 31.5 Å². The summed E-state index contributed by atoms with van der Waals surface area (Å²) in [5.74, 6) is 2.15. The Bertz CT molecular complexity index is 2330. The lowest BCUT2D eigenvalue weighted by molar-refractivity contribution is -0.119. The molecule has 5 fully saturated rings. The highest BCUT2D eigenvalue weighted by Crippen LogP contribution is 2.30. The molecular weight excluding hydrogens is 855 g/mol. The number of primary amides is 1. The van der Waals surface area contributed by atoms with E-state index >= 15 is 0 Å². The van der Waals surface area contributed by atoms with E-state index in [9.17, 15) is 9.59 Å². The Morgan fingerprint density at radius 1 is 0.588 bits per heavy atom. The molecular formula is C51H69N15O2. The highest BCUT2D eigenvalue weighted by molar-refractivity contribution is 5.76. The molecule has 10 rings (SSSR count). The molecule has 5 aromatic rings. The van der Waals surface area contributed by atoms with Gasteiger partial charge in [0.2, 0.25) is 23.7 Å². The summed E-state index contributed by atoms with van der Waals surface area (Å²) in [5.41, 5.74) is 17.9. The lowest BCUT2D eigenvalue weighted by Crippen LogP contribution is -2.49. The number of nitrogens with zero attached hydrogens (tertiary/aromatic N) is 12. The van der Waals surface area contributed by atoms with Gasteiger partial charge < -0.3 is 31.5 Å². The summed E-state index contributed by atoms with van der Waals surface area (Å²) >= 11 is 0. The number of aromatic nitrogens is 6. The van der Waals surface area contributed by atoms with E-state index in [1.807, 2.05) is 61.2 Å². The number of piperazine rings is 3. The molecule has 0 bridgehead atoms. The molecule has 3 aromatic heterocycles. The zero-order valence-corrected chi connectivity index (χ0v) is 40.1. The molecule has 0 atom stereocenters. The van der Waals surface area contributed by atoms with Crippen molar-refractivity contribution in [3.63, 3.8) is 0 Å². The Labute approximate surface area is 401 Å². The largest absolute Gasteiger partial charge is 0.369 e. The summed E-state index contributed by atoms with van der Waals surface area (Å²) in [4.78, 5) is 54.5. The first-order valence-corrected chi connectivity index (χ1v) is 24.4. The second-order valence-electron chi connectivity index (χ2n) is 18.7. The number of carbonyl (C=O) groups excluding carboxylic acids is 2. The zero-order chi connectivity index (χ0) is 47.4. The molecule has 0 radical (unpaired) electrons. The maximum absolute atomic E-state index is 11.0. The molecule has 2 aliphatic carbocycles. The molecule has 2 amide bonds. The van der Waals surface area contributed by atoms with Crippen molar-refractivity contribution in [2.75, 3.05) is 93.2 Å². The van der Waals surface area contributed by atoms with Crippen LogP contribution in [0.15, 0.2) is 85.5 Å². The van der Waals surface area contributed by atoms with Crippen molar-refractivity contribution in [2.45, 2.75) is 84.1 Å². The van der Waals surface area contributed by atoms with Crippen molar-refractivity contribution in [2.24, 2.45) is 11.5 Å². The predicted molar refractivity (Wildman–Crippen MR) is 268 cm³/mol. The molecule has 0 unspecified atom stereocenters. The lowest BCUT2D eigenvalue weighted by Gasteiger charge is -2.37. The van der Waals surface area contributed by atoms with Gasteiger partial charge in [-0.1, -0.05) is 48.5 Å². The fraction of sp³-hybridized carbons (Fsp3) is 0.490. The molecule has 0 spiro atoms. The molecule has 6 heterocycles. The van der Waals surface area contributed by atoms with Crippen molar-refractivity contribution in [3.8, 4) is 22.3 Å². The molecule has 2 saturated carbocycles. The molecule has 5 aliphatic rings. The first-order chi connectivity index (χ1) is 33.1. The van der Waals surface area contributed by atoms with E-state index in [0.717, 1.165) is 142 Å². The van der Waals surface area contributed by atoms with Crippen molar-refractivity contribution in [1.29, 1.82) is 0 Å². The number of nitrogens with one attached hydrogen (secondary N) is 1. The van der Waals surface area contributed by atoms with Gasteiger partial charge in [0.15, 0.2) is 5.82 Å². The van der Waals surface area contributed by atoms with Gasteiger partial charge in [0.25, 0.3) is 0 Å². The normalized spacial score (nSPS) is 18.0. The number of hydrogen-bond acceptors (Lipinski definition) is 15. The fourth-order valence-electron chi connectivity index (χ4n) is 8.86. The number of nitrogens with two attached hydrogens (primary N) is 2. The summed E-state index contributed by atoms with van der Waals surface area (Å²) in [6, 6.07) is 22.4. The van der Waals surface area contributed by atoms with Gasteiger partial charge in [-0.2, -0.15) is 5.10 Å². The van der Waals surface area contributed by atoms with Gasteiger partial charge in [-0.15, -0.1) is 5.10 Å². The average Bonchev–Trinajstić information content (AvgIpc) is 4.33. The third kappa shape index (κ3) is 13.7. The van der Waals surface area contributed by atoms with Gasteiger partial charge in [0.05, 0.1) is 12.1 Å². The Kier molecular flexibility index (Phi) is 16.5. The molecule has 17 nitrogen and oxygen atoms in total. The van der Waals surface area contributed by atoms with E-state index in [4.69, 9.17) is 11.5 Å². The SMILES string of the molecule is CC(=O)NCc1ccc(-c2cnc(N3CCN(C4CC4)CC3)nc2)cc1.CC(C)N1CCN(c2ccc(CC(N)=O)nn2)CC1.NCc1ccc(-c2cnc(N3CCN(C4CC4)CC3)nc2)cc1. The second-order valence-corrected chi connectivity index (χ2v) is 18.7. The van der Waals surface area contributed by atoms with E-state index in [0.29, 0.717) is 24.8 Å². The van der Waals surface area contributed by atoms with Crippen LogP contribution in [0, 0.1) is 0 Å². The molecule has 360 valence electrons. The zero-order valence-electron chi connectivity index (χ0n) is 40.1. The van der Waals surface area contributed by atoms with Crippen LogP contribution in [0.4, 0.5) is 17.7 Å². The Balaban J connectivity index is 0.000000140. The van der Waals surface area contributed by atoms with Gasteiger partial charge in [0.1, 0.15) is 0 Å². The van der Waals surface area contributed by atoms with E-state index in [2.05, 4.69) is 103 Å². The summed E-state index contributed by atoms with van der Waals surface area (Å²) < 4.78 is 0. The van der Waals surface area contributed by atoms with Crippen molar-refractivity contribution in [1.82, 2.24) is 50.1 Å². The maximum atomic E-state index is 11.0. The highest BCUT2D eigenvalue weighted by atomic mass is 16.1. The number of amides is 2. The molecule has 2 aromatic carbocycles. The molecule has 3 saturated heterocycles. The Morgan fingerprint density at radius 2 is 1.04 bits per heavy atom. The van der Waals surface area contributed by atoms with Crippen LogP contribution in [0.25, 0.3) is 22.3 Å². The van der Waals surface area contributed by atoms with Crippen molar-refractivity contribution in [3.05, 3.63) is 102 Å². The van der Waals surface area contributed by atoms with Gasteiger partial charge in [-0.3, -0.25) is 24.3 Å². The van der Waals surface area contributed by atoms with E-state index in [-0.39, 0.29) is 18.2 Å². The van der Waals surface area contributed by atoms with Gasteiger partial charge in [-0.05, 0) is 73.9 Å². The minimum atomic E-state index is -0.382. The molecule has 3 aliphatic heterocycles. The van der Waals surface area contributed by atoms with Crippen molar-refractivity contribution < 1.29 is 9.59 Å². The van der Waals surface area contributed by atoms with Gasteiger partial charge >= 0.3 is 0 Å². The van der Waals surface area contributed by atoms with E-state index in [1.165, 1.54) is 32.6 Å². The summed E-state index contributed by atoms with van der Waals surface area (Å²) in [7, 11) is 0. The second kappa shape index (κ2) is 23.2. The van der Waals surface area contributed by atoms with Crippen molar-refractivity contribution >= 4 is 29.5 Å². The highest BCUT2D eigenvalue weighted by Gasteiger charge is 2.33. The number of benzene rings is 2. The third-order valence-corrected chi connectivity index (χ3v) is 13.4. The number of carbonyl (C=O) groups is 2. The minimum Gasteiger partial charge on any atom is -0.369 e. The fourth-order valence-corrected chi connectivity index (χ4v) is 8.86. The van der Waals surface area contributed by atoms with E-state index < -0.39 is 0 Å². The Morgan fingerprint density at radius 3 is 1.43 bits per heavy atom. The first kappa shape index (κ1) is 48.3. The molecule has 5 N–H and O–H groups in total. The summed E-state index contributed by atoms with van der Waals surface area (Å²) in [5, 5.41) is 11.0. The van der Waals surface area contributed by atoms with Crippen LogP contribution in [-0.2, 0) is 29.1 Å². The topological polar surface area (TPSA) is 195 Å². The maximum Gasteiger partial charge on any atom is 0.225 e. The van der Waals surface area contributed by atoms with Crippen LogP contribution in [0.1, 0.15) is 63.3 Å². The molecule has 68 heavy (non-hydrogen) atoms. The predicted octanol–water partition coefficient (Wildman–Crippen LogP) is 3.99. The molecule has 17 heteroatoms. The van der Waals surface area contributed by atoms with Gasteiger partial charge in [0, 0.05) is 153 Å². The third-order valence-electron chi connectivity index (χ3n) is 13.4. The average molecular weight is 924 g/mol. The number of anilines is 3.